The second kappa shape index (κ2) is 5.44. The molecule has 0 fully saturated rings. The Bertz CT molecular complexity index is 499. The summed E-state index contributed by atoms with van der Waals surface area (Å²) >= 11 is 3.22. The first-order chi connectivity index (χ1) is 7.91. The van der Waals surface area contributed by atoms with Gasteiger partial charge in [-0.2, -0.15) is 0 Å². The molecule has 0 spiro atoms. The van der Waals surface area contributed by atoms with E-state index in [-0.39, 0.29) is 5.56 Å². The molecule has 0 aliphatic rings. The number of carbonyl (C=O) groups is 1. The lowest BCUT2D eigenvalue weighted by atomic mass is 10.1. The second-order valence-corrected chi connectivity index (χ2v) is 4.05. The molecule has 0 aliphatic carbocycles. The van der Waals surface area contributed by atoms with Crippen molar-refractivity contribution in [2.24, 2.45) is 0 Å². The molecule has 0 radical (unpaired) electrons. The van der Waals surface area contributed by atoms with Gasteiger partial charge < -0.3 is 10.4 Å². The van der Waals surface area contributed by atoms with Crippen LogP contribution in [0.15, 0.2) is 29.0 Å². The number of aromatic carboxylic acids is 1. The largest absolute Gasteiger partial charge is 0.478 e. The van der Waals surface area contributed by atoms with Gasteiger partial charge in [0.25, 0.3) is 0 Å². The van der Waals surface area contributed by atoms with E-state index in [0.29, 0.717) is 16.4 Å². The number of halogens is 1. The van der Waals surface area contributed by atoms with Crippen LogP contribution < -0.4 is 5.32 Å². The highest BCUT2D eigenvalue weighted by Crippen LogP contribution is 2.25. The minimum atomic E-state index is -1.11. The molecule has 0 saturated carbocycles. The summed E-state index contributed by atoms with van der Waals surface area (Å²) in [6, 6.07) is 3.04. The number of benzene rings is 1. The Balaban J connectivity index is 3.08. The van der Waals surface area contributed by atoms with Crippen molar-refractivity contribution in [2.75, 3.05) is 5.32 Å². The Morgan fingerprint density at radius 3 is 2.76 bits per heavy atom. The van der Waals surface area contributed by atoms with Gasteiger partial charge in [0.05, 0.1) is 22.4 Å². The Morgan fingerprint density at radius 2 is 2.24 bits per heavy atom. The van der Waals surface area contributed by atoms with Crippen LogP contribution in [0.3, 0.4) is 0 Å². The maximum Gasteiger partial charge on any atom is 0.337 e. The molecule has 0 saturated heterocycles. The average Bonchev–Trinajstić information content (AvgIpc) is 2.22. The molecule has 7 heteroatoms. The van der Waals surface area contributed by atoms with E-state index in [1.165, 1.54) is 6.07 Å². The van der Waals surface area contributed by atoms with Crippen molar-refractivity contribution in [1.29, 1.82) is 0 Å². The lowest BCUT2D eigenvalue weighted by molar-refractivity contribution is -0.402. The van der Waals surface area contributed by atoms with Gasteiger partial charge in [0, 0.05) is 4.47 Å². The second-order valence-electron chi connectivity index (χ2n) is 3.20. The van der Waals surface area contributed by atoms with Gasteiger partial charge in [-0.15, -0.1) is 0 Å². The van der Waals surface area contributed by atoms with Crippen LogP contribution in [0, 0.1) is 17.0 Å². The summed E-state index contributed by atoms with van der Waals surface area (Å²) in [5, 5.41) is 21.6. The maximum absolute atomic E-state index is 11.0. The zero-order valence-corrected chi connectivity index (χ0v) is 10.4. The van der Waals surface area contributed by atoms with Crippen LogP contribution in [0.25, 0.3) is 0 Å². The van der Waals surface area contributed by atoms with Crippen molar-refractivity contribution in [3.63, 3.8) is 0 Å². The number of anilines is 1. The molecule has 0 aliphatic heterocycles. The standard InChI is InChI=1S/C10H9BrN2O4/c1-6-4-9(12-2-3-13(16)17)7(10(14)15)5-8(6)11/h2-5,12H,1H3,(H,14,15)/b3-2+. The zero-order valence-electron chi connectivity index (χ0n) is 8.81. The summed E-state index contributed by atoms with van der Waals surface area (Å²) in [7, 11) is 0. The quantitative estimate of drug-likeness (QED) is 0.658. The Kier molecular flexibility index (Phi) is 4.22. The molecular formula is C10H9BrN2O4. The molecule has 0 aromatic heterocycles. The SMILES string of the molecule is Cc1cc(N/C=C/[N+](=O)[O-])c(C(=O)O)cc1Br. The molecule has 1 aromatic rings. The Hall–Kier alpha value is -1.89. The van der Waals surface area contributed by atoms with E-state index in [2.05, 4.69) is 21.2 Å². The van der Waals surface area contributed by atoms with Crippen LogP contribution in [0.1, 0.15) is 15.9 Å². The molecule has 17 heavy (non-hydrogen) atoms. The number of carboxylic acids is 1. The highest BCUT2D eigenvalue weighted by molar-refractivity contribution is 9.10. The fraction of sp³-hybridized carbons (Fsp3) is 0.100. The van der Waals surface area contributed by atoms with Crippen molar-refractivity contribution < 1.29 is 14.8 Å². The maximum atomic E-state index is 11.0. The van der Waals surface area contributed by atoms with Crippen LogP contribution in [0.5, 0.6) is 0 Å². The number of hydrogen-bond acceptors (Lipinski definition) is 4. The summed E-state index contributed by atoms with van der Waals surface area (Å²) in [4.78, 5) is 20.4. The van der Waals surface area contributed by atoms with Crippen LogP contribution in [-0.4, -0.2) is 16.0 Å². The predicted octanol–water partition coefficient (Wildman–Crippen LogP) is 2.62. The third-order valence-corrected chi connectivity index (χ3v) is 2.82. The topological polar surface area (TPSA) is 92.5 Å². The van der Waals surface area contributed by atoms with Crippen molar-refractivity contribution in [3.05, 3.63) is 50.2 Å². The van der Waals surface area contributed by atoms with Gasteiger partial charge in [-0.3, -0.25) is 10.1 Å². The molecule has 6 nitrogen and oxygen atoms in total. The van der Waals surface area contributed by atoms with E-state index in [9.17, 15) is 14.9 Å². The third-order valence-electron chi connectivity index (χ3n) is 1.96. The molecule has 0 atom stereocenters. The average molecular weight is 301 g/mol. The van der Waals surface area contributed by atoms with Crippen LogP contribution in [0.2, 0.25) is 0 Å². The van der Waals surface area contributed by atoms with Crippen LogP contribution in [-0.2, 0) is 0 Å². The van der Waals surface area contributed by atoms with Crippen molar-refractivity contribution >= 4 is 27.6 Å². The first-order valence-corrected chi connectivity index (χ1v) is 5.31. The van der Waals surface area contributed by atoms with E-state index in [1.54, 1.807) is 13.0 Å². The predicted molar refractivity (Wildman–Crippen MR) is 65.6 cm³/mol. The van der Waals surface area contributed by atoms with Crippen molar-refractivity contribution in [3.8, 4) is 0 Å². The number of rotatable bonds is 4. The van der Waals surface area contributed by atoms with E-state index in [0.717, 1.165) is 11.8 Å². The molecule has 1 rings (SSSR count). The normalized spacial score (nSPS) is 10.5. The van der Waals surface area contributed by atoms with E-state index >= 15 is 0 Å². The first kappa shape index (κ1) is 13.2. The fourth-order valence-electron chi connectivity index (χ4n) is 1.17. The van der Waals surface area contributed by atoms with E-state index in [1.807, 2.05) is 0 Å². The van der Waals surface area contributed by atoms with Gasteiger partial charge in [-0.25, -0.2) is 4.79 Å². The number of carboxylic acid groups (broad SMARTS) is 1. The van der Waals surface area contributed by atoms with E-state index in [4.69, 9.17) is 5.11 Å². The minimum absolute atomic E-state index is 0.0375. The minimum Gasteiger partial charge on any atom is -0.478 e. The monoisotopic (exact) mass is 300 g/mol. The highest BCUT2D eigenvalue weighted by Gasteiger charge is 2.11. The molecule has 0 heterocycles. The summed E-state index contributed by atoms with van der Waals surface area (Å²) < 4.78 is 0.665. The lowest BCUT2D eigenvalue weighted by Gasteiger charge is -2.08. The molecular weight excluding hydrogens is 292 g/mol. The molecule has 1 aromatic carbocycles. The number of hydrogen-bond donors (Lipinski definition) is 2. The molecule has 0 bridgehead atoms. The number of aryl methyl sites for hydroxylation is 1. The lowest BCUT2D eigenvalue weighted by Crippen LogP contribution is -2.03. The fourth-order valence-corrected chi connectivity index (χ4v) is 1.51. The molecule has 2 N–H and O–H groups in total. The highest BCUT2D eigenvalue weighted by atomic mass is 79.9. The number of nitrogens with zero attached hydrogens (tertiary/aromatic N) is 1. The van der Waals surface area contributed by atoms with Gasteiger partial charge in [0.2, 0.25) is 6.20 Å². The smallest absolute Gasteiger partial charge is 0.337 e. The van der Waals surface area contributed by atoms with E-state index < -0.39 is 10.9 Å². The first-order valence-electron chi connectivity index (χ1n) is 4.52. The number of nitro groups is 1. The summed E-state index contributed by atoms with van der Waals surface area (Å²) in [6.45, 7) is 1.79. The molecule has 0 amide bonds. The van der Waals surface area contributed by atoms with Crippen molar-refractivity contribution in [1.82, 2.24) is 0 Å². The summed E-state index contributed by atoms with van der Waals surface area (Å²) in [5.74, 6) is -1.11. The van der Waals surface area contributed by atoms with Gasteiger partial charge in [-0.1, -0.05) is 15.9 Å². The molecule has 0 unspecified atom stereocenters. The third kappa shape index (κ3) is 3.56. The Labute approximate surface area is 105 Å². The van der Waals surface area contributed by atoms with Crippen LogP contribution in [0.4, 0.5) is 5.69 Å². The van der Waals surface area contributed by atoms with Gasteiger partial charge in [0.1, 0.15) is 0 Å². The summed E-state index contributed by atoms with van der Waals surface area (Å²) in [5.41, 5.74) is 1.17. The van der Waals surface area contributed by atoms with Crippen LogP contribution >= 0.6 is 15.9 Å². The number of nitrogens with one attached hydrogen (secondary N) is 1. The van der Waals surface area contributed by atoms with Crippen molar-refractivity contribution in [2.45, 2.75) is 6.92 Å². The molecule has 90 valence electrons. The van der Waals surface area contributed by atoms with Gasteiger partial charge in [-0.05, 0) is 24.6 Å². The zero-order chi connectivity index (χ0) is 13.0. The van der Waals surface area contributed by atoms with Gasteiger partial charge >= 0.3 is 5.97 Å². The van der Waals surface area contributed by atoms with Gasteiger partial charge in [0.15, 0.2) is 0 Å². The summed E-state index contributed by atoms with van der Waals surface area (Å²) in [6.07, 6.45) is 1.78. The Morgan fingerprint density at radius 1 is 1.59 bits per heavy atom.